The number of nitrogens with zero attached hydrogens (tertiary/aromatic N) is 1. The molecule has 3 unspecified atom stereocenters. The van der Waals surface area contributed by atoms with Gasteiger partial charge in [0.15, 0.2) is 0 Å². The van der Waals surface area contributed by atoms with Gasteiger partial charge in [-0.3, -0.25) is 9.69 Å². The van der Waals surface area contributed by atoms with Crippen molar-refractivity contribution in [2.24, 2.45) is 5.73 Å². The number of ether oxygens (including phenoxy) is 1. The van der Waals surface area contributed by atoms with Gasteiger partial charge in [-0.25, -0.2) is 0 Å². The lowest BCUT2D eigenvalue weighted by atomic mass is 9.77. The van der Waals surface area contributed by atoms with Crippen LogP contribution in [0.5, 0.6) is 0 Å². The van der Waals surface area contributed by atoms with Crippen molar-refractivity contribution in [3.63, 3.8) is 0 Å². The van der Waals surface area contributed by atoms with Crippen LogP contribution in [-0.4, -0.2) is 54.7 Å². The fourth-order valence-corrected chi connectivity index (χ4v) is 3.77. The normalized spacial score (nSPS) is 28.0. The van der Waals surface area contributed by atoms with Crippen LogP contribution < -0.4 is 11.1 Å². The van der Waals surface area contributed by atoms with E-state index in [1.165, 1.54) is 0 Å². The lowest BCUT2D eigenvalue weighted by molar-refractivity contribution is -0.127. The van der Waals surface area contributed by atoms with Gasteiger partial charge in [-0.2, -0.15) is 0 Å². The van der Waals surface area contributed by atoms with Gasteiger partial charge in [0.2, 0.25) is 5.91 Å². The van der Waals surface area contributed by atoms with Gasteiger partial charge in [0.1, 0.15) is 0 Å². The number of primary amides is 1. The van der Waals surface area contributed by atoms with E-state index in [0.717, 1.165) is 32.2 Å². The van der Waals surface area contributed by atoms with Crippen LogP contribution >= 0.6 is 0 Å². The Morgan fingerprint density at radius 2 is 2.14 bits per heavy atom. The van der Waals surface area contributed by atoms with Crippen molar-refractivity contribution in [1.82, 2.24) is 10.2 Å². The van der Waals surface area contributed by atoms with E-state index in [0.29, 0.717) is 18.7 Å². The van der Waals surface area contributed by atoms with Crippen molar-refractivity contribution < 1.29 is 9.53 Å². The molecule has 1 rings (SSSR count). The predicted octanol–water partition coefficient (Wildman–Crippen LogP) is 1.51. The smallest absolute Gasteiger partial charge is 0.237 e. The Morgan fingerprint density at radius 1 is 1.48 bits per heavy atom. The Morgan fingerprint density at radius 3 is 2.62 bits per heavy atom. The first-order chi connectivity index (χ1) is 9.86. The average molecular weight is 299 g/mol. The molecule has 0 saturated heterocycles. The molecule has 1 aliphatic rings. The SMILES string of the molecule is CCN(C(C)COC)C1CCCC(NC(C)C)(C(N)=O)C1. The highest BCUT2D eigenvalue weighted by Crippen LogP contribution is 2.32. The fourth-order valence-electron chi connectivity index (χ4n) is 3.77. The van der Waals surface area contributed by atoms with Crippen molar-refractivity contribution >= 4 is 5.91 Å². The Labute approximate surface area is 129 Å². The maximum atomic E-state index is 12.1. The predicted molar refractivity (Wildman–Crippen MR) is 86.2 cm³/mol. The summed E-state index contributed by atoms with van der Waals surface area (Å²) in [4.78, 5) is 14.5. The van der Waals surface area contributed by atoms with E-state index in [2.05, 4.69) is 37.9 Å². The molecule has 1 fully saturated rings. The van der Waals surface area contributed by atoms with Gasteiger partial charge < -0.3 is 15.8 Å². The molecule has 1 amide bonds. The van der Waals surface area contributed by atoms with Crippen LogP contribution in [0.25, 0.3) is 0 Å². The van der Waals surface area contributed by atoms with Crippen LogP contribution in [0.15, 0.2) is 0 Å². The highest BCUT2D eigenvalue weighted by atomic mass is 16.5. The van der Waals surface area contributed by atoms with E-state index in [4.69, 9.17) is 10.5 Å². The molecule has 1 aliphatic carbocycles. The minimum absolute atomic E-state index is 0.212. The molecule has 0 radical (unpaired) electrons. The lowest BCUT2D eigenvalue weighted by Crippen LogP contribution is -2.63. The Bertz CT molecular complexity index is 335. The Balaban J connectivity index is 2.87. The summed E-state index contributed by atoms with van der Waals surface area (Å²) in [6, 6.07) is 0.989. The summed E-state index contributed by atoms with van der Waals surface area (Å²) in [6.45, 7) is 10.2. The molecule has 21 heavy (non-hydrogen) atoms. The summed E-state index contributed by atoms with van der Waals surface area (Å²) < 4.78 is 5.29. The number of carbonyl (C=O) groups excluding carboxylic acids is 1. The maximum absolute atomic E-state index is 12.1. The molecule has 0 aromatic carbocycles. The molecule has 0 aliphatic heterocycles. The molecule has 5 nitrogen and oxygen atoms in total. The van der Waals surface area contributed by atoms with Crippen molar-refractivity contribution in [2.75, 3.05) is 20.3 Å². The van der Waals surface area contributed by atoms with E-state index >= 15 is 0 Å². The molecule has 5 heteroatoms. The second-order valence-corrected chi connectivity index (χ2v) is 6.63. The number of amides is 1. The number of rotatable bonds is 8. The molecular weight excluding hydrogens is 266 g/mol. The van der Waals surface area contributed by atoms with Crippen LogP contribution in [0.1, 0.15) is 53.4 Å². The number of hydrogen-bond donors (Lipinski definition) is 2. The van der Waals surface area contributed by atoms with E-state index in [1.54, 1.807) is 7.11 Å². The number of likely N-dealkylation sites (N-methyl/N-ethyl adjacent to an activating group) is 1. The van der Waals surface area contributed by atoms with Crippen molar-refractivity contribution in [3.8, 4) is 0 Å². The zero-order valence-electron chi connectivity index (χ0n) is 14.3. The maximum Gasteiger partial charge on any atom is 0.237 e. The van der Waals surface area contributed by atoms with Crippen molar-refractivity contribution in [3.05, 3.63) is 0 Å². The van der Waals surface area contributed by atoms with Crippen LogP contribution in [0.4, 0.5) is 0 Å². The molecule has 124 valence electrons. The summed E-state index contributed by atoms with van der Waals surface area (Å²) in [5.41, 5.74) is 5.19. The van der Waals surface area contributed by atoms with E-state index < -0.39 is 5.54 Å². The first-order valence-electron chi connectivity index (χ1n) is 8.18. The van der Waals surface area contributed by atoms with Crippen molar-refractivity contribution in [2.45, 2.75) is 77.0 Å². The second kappa shape index (κ2) is 8.11. The van der Waals surface area contributed by atoms with E-state index in [-0.39, 0.29) is 11.9 Å². The van der Waals surface area contributed by atoms with Gasteiger partial charge in [-0.15, -0.1) is 0 Å². The minimum Gasteiger partial charge on any atom is -0.383 e. The Hall–Kier alpha value is -0.650. The van der Waals surface area contributed by atoms with Gasteiger partial charge in [0, 0.05) is 25.2 Å². The van der Waals surface area contributed by atoms with Crippen LogP contribution in [0.3, 0.4) is 0 Å². The molecule has 0 aromatic rings. The minimum atomic E-state index is -0.558. The third-order valence-corrected chi connectivity index (χ3v) is 4.57. The molecule has 0 aromatic heterocycles. The molecule has 0 heterocycles. The van der Waals surface area contributed by atoms with Gasteiger partial charge in [0.05, 0.1) is 12.1 Å². The average Bonchev–Trinajstić information content (AvgIpc) is 2.39. The third kappa shape index (κ3) is 4.66. The standard InChI is InChI=1S/C16H33N3O2/c1-6-19(13(4)11-21-5)14-8-7-9-16(10-14,15(17)20)18-12(2)3/h12-14,18H,6-11H2,1-5H3,(H2,17,20). The highest BCUT2D eigenvalue weighted by Gasteiger charge is 2.43. The number of carbonyl (C=O) groups is 1. The van der Waals surface area contributed by atoms with Gasteiger partial charge >= 0.3 is 0 Å². The summed E-state index contributed by atoms with van der Waals surface area (Å²) in [5, 5.41) is 3.44. The van der Waals surface area contributed by atoms with E-state index in [1.807, 2.05) is 0 Å². The summed E-state index contributed by atoms with van der Waals surface area (Å²) in [7, 11) is 1.74. The topological polar surface area (TPSA) is 67.6 Å². The lowest BCUT2D eigenvalue weighted by Gasteiger charge is -2.45. The summed E-state index contributed by atoms with van der Waals surface area (Å²) in [5.74, 6) is -0.212. The number of nitrogens with one attached hydrogen (secondary N) is 1. The molecule has 0 bridgehead atoms. The first-order valence-corrected chi connectivity index (χ1v) is 8.18. The molecule has 1 saturated carbocycles. The number of hydrogen-bond acceptors (Lipinski definition) is 4. The van der Waals surface area contributed by atoms with Crippen LogP contribution in [0, 0.1) is 0 Å². The third-order valence-electron chi connectivity index (χ3n) is 4.57. The second-order valence-electron chi connectivity index (χ2n) is 6.63. The van der Waals surface area contributed by atoms with Crippen molar-refractivity contribution in [1.29, 1.82) is 0 Å². The molecule has 3 N–H and O–H groups in total. The van der Waals surface area contributed by atoms with Crippen LogP contribution in [0.2, 0.25) is 0 Å². The fraction of sp³-hybridized carbons (Fsp3) is 0.938. The monoisotopic (exact) mass is 299 g/mol. The zero-order chi connectivity index (χ0) is 16.0. The van der Waals surface area contributed by atoms with Gasteiger partial charge in [-0.05, 0) is 53.0 Å². The number of nitrogens with two attached hydrogens (primary N) is 1. The molecular formula is C16H33N3O2. The first kappa shape index (κ1) is 18.4. The summed E-state index contributed by atoms with van der Waals surface area (Å²) >= 11 is 0. The summed E-state index contributed by atoms with van der Waals surface area (Å²) in [6.07, 6.45) is 3.79. The molecule has 3 atom stereocenters. The van der Waals surface area contributed by atoms with E-state index in [9.17, 15) is 4.79 Å². The largest absolute Gasteiger partial charge is 0.383 e. The number of methoxy groups -OCH3 is 1. The van der Waals surface area contributed by atoms with Crippen LogP contribution in [-0.2, 0) is 9.53 Å². The Kier molecular flexibility index (Phi) is 7.10. The quantitative estimate of drug-likeness (QED) is 0.713. The molecule has 0 spiro atoms. The van der Waals surface area contributed by atoms with Gasteiger partial charge in [-0.1, -0.05) is 6.92 Å². The van der Waals surface area contributed by atoms with Gasteiger partial charge in [0.25, 0.3) is 0 Å². The zero-order valence-corrected chi connectivity index (χ0v) is 14.3. The highest BCUT2D eigenvalue weighted by molar-refractivity contribution is 5.85.